The Labute approximate surface area is 339 Å². The van der Waals surface area contributed by atoms with Crippen LogP contribution in [0.3, 0.4) is 0 Å². The van der Waals surface area contributed by atoms with Crippen LogP contribution in [0.15, 0.2) is 0 Å². The Morgan fingerprint density at radius 3 is 1.02 bits per heavy atom. The van der Waals surface area contributed by atoms with E-state index in [1.807, 2.05) is 0 Å². The van der Waals surface area contributed by atoms with Crippen LogP contribution in [0.25, 0.3) is 0 Å². The molecule has 0 aliphatic heterocycles. The van der Waals surface area contributed by atoms with E-state index >= 15 is 0 Å². The maximum atomic E-state index is 12.3. The molecule has 0 aromatic carbocycles. The van der Waals surface area contributed by atoms with Crippen LogP contribution in [0.2, 0.25) is 0 Å². The molecule has 0 spiro atoms. The molecule has 0 aliphatic carbocycles. The van der Waals surface area contributed by atoms with Crippen LogP contribution < -0.4 is 0 Å². The Kier molecular flexibility index (Phi) is 39.3. The summed E-state index contributed by atoms with van der Waals surface area (Å²) in [5.41, 5.74) is 0. The number of unbranched alkanes of at least 4 members (excludes halogenated alkanes) is 18. The lowest BCUT2D eigenvalue weighted by atomic mass is 9.91. The minimum absolute atomic E-state index is 0.0316. The van der Waals surface area contributed by atoms with E-state index in [0.29, 0.717) is 43.9 Å². The molecule has 0 saturated carbocycles. The van der Waals surface area contributed by atoms with Gasteiger partial charge in [-0.1, -0.05) is 182 Å². The Bertz CT molecular complexity index is 729. The second-order valence-corrected chi connectivity index (χ2v) is 17.6. The summed E-state index contributed by atoms with van der Waals surface area (Å²) < 4.78 is 11.2. The molecular weight excluding hydrogens is 667 g/mol. The minimum atomic E-state index is 0.0316. The van der Waals surface area contributed by atoms with Gasteiger partial charge >= 0.3 is 11.9 Å². The Balaban J connectivity index is 4.01. The van der Waals surface area contributed by atoms with E-state index in [1.54, 1.807) is 0 Å². The number of rotatable bonds is 42. The van der Waals surface area contributed by atoms with Gasteiger partial charge in [0.1, 0.15) is 0 Å². The van der Waals surface area contributed by atoms with Crippen molar-refractivity contribution in [3.05, 3.63) is 0 Å². The first-order valence-electron chi connectivity index (χ1n) is 24.3. The van der Waals surface area contributed by atoms with Gasteiger partial charge in [-0.3, -0.25) is 9.59 Å². The average Bonchev–Trinajstić information content (AvgIpc) is 3.16. The minimum Gasteiger partial charge on any atom is -0.466 e. The van der Waals surface area contributed by atoms with Crippen molar-refractivity contribution in [2.75, 3.05) is 26.8 Å². The molecule has 0 aliphatic rings. The van der Waals surface area contributed by atoms with E-state index < -0.39 is 0 Å². The van der Waals surface area contributed by atoms with Gasteiger partial charge in [-0.2, -0.15) is 0 Å². The zero-order valence-corrected chi connectivity index (χ0v) is 37.8. The maximum absolute atomic E-state index is 12.3. The third kappa shape index (κ3) is 35.3. The molecule has 54 heavy (non-hydrogen) atoms. The number of nitrogens with zero attached hydrogens (tertiary/aromatic N) is 1. The summed E-state index contributed by atoms with van der Waals surface area (Å²) in [5.74, 6) is 1.98. The smallest absolute Gasteiger partial charge is 0.306 e. The molecule has 0 bridgehead atoms. The van der Waals surface area contributed by atoms with Crippen LogP contribution in [0.5, 0.6) is 0 Å². The molecule has 0 aromatic heterocycles. The van der Waals surface area contributed by atoms with E-state index in [-0.39, 0.29) is 11.9 Å². The van der Waals surface area contributed by atoms with Crippen molar-refractivity contribution >= 4 is 11.9 Å². The van der Waals surface area contributed by atoms with Gasteiger partial charge in [-0.05, 0) is 90.1 Å². The quantitative estimate of drug-likeness (QED) is 0.0458. The molecule has 0 heterocycles. The largest absolute Gasteiger partial charge is 0.466 e. The van der Waals surface area contributed by atoms with Crippen molar-refractivity contribution in [2.24, 2.45) is 17.8 Å². The lowest BCUT2D eigenvalue weighted by Crippen LogP contribution is -2.28. The SMILES string of the molecule is CCCCC(CCCC)CC(=O)OCCCCCCCCCCC(CCCCCCCCCCOC(=O)CC(CCCC)CCCC)CCN(C)C(C)C. The van der Waals surface area contributed by atoms with E-state index in [2.05, 4.69) is 53.5 Å². The van der Waals surface area contributed by atoms with Crippen molar-refractivity contribution in [1.29, 1.82) is 0 Å². The molecule has 0 radical (unpaired) electrons. The zero-order valence-electron chi connectivity index (χ0n) is 37.8. The Morgan fingerprint density at radius 2 is 0.704 bits per heavy atom. The molecule has 0 unspecified atom stereocenters. The Morgan fingerprint density at radius 1 is 0.407 bits per heavy atom. The lowest BCUT2D eigenvalue weighted by molar-refractivity contribution is -0.146. The molecule has 5 heteroatoms. The fraction of sp³-hybridized carbons (Fsp3) is 0.959. The Hall–Kier alpha value is -1.10. The number of hydrogen-bond acceptors (Lipinski definition) is 5. The highest BCUT2D eigenvalue weighted by Gasteiger charge is 2.16. The second kappa shape index (κ2) is 40.1. The number of carbonyl (C=O) groups is 2. The van der Waals surface area contributed by atoms with Crippen molar-refractivity contribution in [3.8, 4) is 0 Å². The van der Waals surface area contributed by atoms with Gasteiger partial charge in [0.25, 0.3) is 0 Å². The summed E-state index contributed by atoms with van der Waals surface area (Å²) in [6.07, 6.45) is 40.4. The molecule has 322 valence electrons. The molecule has 5 nitrogen and oxygen atoms in total. The monoisotopic (exact) mass is 764 g/mol. The summed E-state index contributed by atoms with van der Waals surface area (Å²) in [6.45, 7) is 16.0. The molecule has 0 saturated heterocycles. The van der Waals surface area contributed by atoms with E-state index in [9.17, 15) is 9.59 Å². The molecule has 0 rings (SSSR count). The van der Waals surface area contributed by atoms with Gasteiger partial charge in [0.2, 0.25) is 0 Å². The highest BCUT2D eigenvalue weighted by Crippen LogP contribution is 2.24. The number of ether oxygens (including phenoxy) is 2. The van der Waals surface area contributed by atoms with Crippen LogP contribution in [0, 0.1) is 17.8 Å². The van der Waals surface area contributed by atoms with Crippen molar-refractivity contribution in [3.63, 3.8) is 0 Å². The third-order valence-corrected chi connectivity index (χ3v) is 12.1. The fourth-order valence-electron chi connectivity index (χ4n) is 7.90. The molecular formula is C49H97NO4. The van der Waals surface area contributed by atoms with E-state index in [4.69, 9.17) is 9.47 Å². The molecule has 0 fully saturated rings. The maximum Gasteiger partial charge on any atom is 0.306 e. The van der Waals surface area contributed by atoms with Crippen LogP contribution in [0.1, 0.15) is 253 Å². The van der Waals surface area contributed by atoms with Crippen LogP contribution >= 0.6 is 0 Å². The second-order valence-electron chi connectivity index (χ2n) is 17.6. The first-order valence-corrected chi connectivity index (χ1v) is 24.3. The highest BCUT2D eigenvalue weighted by molar-refractivity contribution is 5.70. The van der Waals surface area contributed by atoms with E-state index in [0.717, 1.165) is 18.8 Å². The number of carbonyl (C=O) groups excluding carboxylic acids is 2. The van der Waals surface area contributed by atoms with Gasteiger partial charge in [0, 0.05) is 18.9 Å². The highest BCUT2D eigenvalue weighted by atomic mass is 16.5. The van der Waals surface area contributed by atoms with Crippen molar-refractivity contribution < 1.29 is 19.1 Å². The predicted octanol–water partition coefficient (Wildman–Crippen LogP) is 15.2. The number of hydrogen-bond donors (Lipinski definition) is 0. The third-order valence-electron chi connectivity index (χ3n) is 12.1. The van der Waals surface area contributed by atoms with Gasteiger partial charge in [0.05, 0.1) is 13.2 Å². The normalized spacial score (nSPS) is 11.9. The fourth-order valence-corrected chi connectivity index (χ4v) is 7.90. The number of esters is 2. The van der Waals surface area contributed by atoms with Crippen molar-refractivity contribution in [1.82, 2.24) is 4.90 Å². The summed E-state index contributed by atoms with van der Waals surface area (Å²) in [5, 5.41) is 0. The van der Waals surface area contributed by atoms with Gasteiger partial charge in [-0.15, -0.1) is 0 Å². The summed E-state index contributed by atoms with van der Waals surface area (Å²) >= 11 is 0. The summed E-state index contributed by atoms with van der Waals surface area (Å²) in [4.78, 5) is 27.2. The standard InChI is InChI=1S/C49H97NO4/c1-8-12-32-46(33-13-9-2)42-48(51)53-40-30-26-22-18-16-20-24-28-36-45(38-39-50(7)44(5)6)37-29-25-21-17-19-23-27-31-41-54-49(52)43-47(34-14-10-3)35-15-11-4/h44-47H,8-43H2,1-7H3. The molecule has 0 aromatic rings. The zero-order chi connectivity index (χ0) is 39.9. The van der Waals surface area contributed by atoms with Crippen LogP contribution in [-0.2, 0) is 19.1 Å². The van der Waals surface area contributed by atoms with Crippen molar-refractivity contribution in [2.45, 2.75) is 259 Å². The van der Waals surface area contributed by atoms with E-state index in [1.165, 1.54) is 193 Å². The van der Waals surface area contributed by atoms with Gasteiger partial charge < -0.3 is 14.4 Å². The average molecular weight is 764 g/mol. The predicted molar refractivity (Wildman–Crippen MR) is 235 cm³/mol. The topological polar surface area (TPSA) is 55.8 Å². The summed E-state index contributed by atoms with van der Waals surface area (Å²) in [7, 11) is 2.28. The molecule has 0 atom stereocenters. The summed E-state index contributed by atoms with van der Waals surface area (Å²) in [6, 6.07) is 0.627. The lowest BCUT2D eigenvalue weighted by Gasteiger charge is -2.24. The first-order chi connectivity index (χ1) is 26.3. The van der Waals surface area contributed by atoms with Crippen LogP contribution in [-0.4, -0.2) is 49.7 Å². The molecule has 0 N–H and O–H groups in total. The molecule has 0 amide bonds. The van der Waals surface area contributed by atoms with Gasteiger partial charge in [0.15, 0.2) is 0 Å². The van der Waals surface area contributed by atoms with Crippen LogP contribution in [0.4, 0.5) is 0 Å². The van der Waals surface area contributed by atoms with Gasteiger partial charge in [-0.25, -0.2) is 0 Å². The first kappa shape index (κ1) is 52.9.